The van der Waals surface area contributed by atoms with Crippen molar-refractivity contribution in [2.24, 2.45) is 0 Å². The second-order valence-corrected chi connectivity index (χ2v) is 6.03. The molecule has 0 atom stereocenters. The number of amides is 1. The predicted molar refractivity (Wildman–Crippen MR) is 81.3 cm³/mol. The molecular weight excluding hydrogens is 252 g/mol. The Hall–Kier alpha value is -1.97. The molecule has 20 heavy (non-hydrogen) atoms. The summed E-state index contributed by atoms with van der Waals surface area (Å²) in [7, 11) is 0. The van der Waals surface area contributed by atoms with E-state index in [0.29, 0.717) is 13.1 Å². The van der Waals surface area contributed by atoms with Gasteiger partial charge in [0.25, 0.3) is 0 Å². The molecule has 0 spiro atoms. The highest BCUT2D eigenvalue weighted by Crippen LogP contribution is 2.24. The van der Waals surface area contributed by atoms with E-state index in [1.54, 1.807) is 4.90 Å². The van der Waals surface area contributed by atoms with Gasteiger partial charge in [0.15, 0.2) is 0 Å². The summed E-state index contributed by atoms with van der Waals surface area (Å²) in [5, 5.41) is 0. The molecule has 0 radical (unpaired) electrons. The quantitative estimate of drug-likeness (QED) is 0.799. The fourth-order valence-corrected chi connectivity index (χ4v) is 2.12. The summed E-state index contributed by atoms with van der Waals surface area (Å²) in [6, 6.07) is 7.83. The Morgan fingerprint density at radius 3 is 2.40 bits per heavy atom. The van der Waals surface area contributed by atoms with Crippen LogP contribution in [0.15, 0.2) is 30.3 Å². The summed E-state index contributed by atoms with van der Waals surface area (Å²) in [6.45, 7) is 6.92. The third-order valence-electron chi connectivity index (χ3n) is 3.14. The van der Waals surface area contributed by atoms with Crippen molar-refractivity contribution >= 4 is 17.4 Å². The zero-order valence-electron chi connectivity index (χ0n) is 12.3. The summed E-state index contributed by atoms with van der Waals surface area (Å²) in [5.41, 5.74) is 8.43. The fraction of sp³-hybridized carbons (Fsp3) is 0.438. The Kier molecular flexibility index (Phi) is 4.02. The second kappa shape index (κ2) is 5.57. The first kappa shape index (κ1) is 14.4. The van der Waals surface area contributed by atoms with Gasteiger partial charge in [-0.3, -0.25) is 0 Å². The largest absolute Gasteiger partial charge is 0.444 e. The van der Waals surface area contributed by atoms with Crippen LogP contribution in [-0.4, -0.2) is 29.7 Å². The van der Waals surface area contributed by atoms with Crippen LogP contribution in [0.5, 0.6) is 0 Å². The number of hydrogen-bond acceptors (Lipinski definition) is 3. The number of nitrogens with zero attached hydrogens (tertiary/aromatic N) is 1. The van der Waals surface area contributed by atoms with Crippen LogP contribution in [0, 0.1) is 0 Å². The van der Waals surface area contributed by atoms with E-state index in [0.717, 1.165) is 12.1 Å². The van der Waals surface area contributed by atoms with E-state index in [-0.39, 0.29) is 6.09 Å². The van der Waals surface area contributed by atoms with Crippen molar-refractivity contribution in [3.63, 3.8) is 0 Å². The molecular formula is C16H22N2O2. The number of hydrogen-bond donors (Lipinski definition) is 1. The van der Waals surface area contributed by atoms with Crippen molar-refractivity contribution in [3.05, 3.63) is 35.9 Å². The highest BCUT2D eigenvalue weighted by atomic mass is 16.6. The van der Waals surface area contributed by atoms with Crippen molar-refractivity contribution in [2.45, 2.75) is 32.8 Å². The Labute approximate surface area is 120 Å². The van der Waals surface area contributed by atoms with Gasteiger partial charge >= 0.3 is 6.09 Å². The minimum Gasteiger partial charge on any atom is -0.444 e. The van der Waals surface area contributed by atoms with Gasteiger partial charge in [0.05, 0.1) is 0 Å². The molecule has 1 aromatic rings. The van der Waals surface area contributed by atoms with Crippen molar-refractivity contribution in [3.8, 4) is 0 Å². The van der Waals surface area contributed by atoms with E-state index in [4.69, 9.17) is 10.5 Å². The number of rotatable bonds is 1. The molecule has 4 nitrogen and oxygen atoms in total. The van der Waals surface area contributed by atoms with Gasteiger partial charge in [-0.1, -0.05) is 18.2 Å². The lowest BCUT2D eigenvalue weighted by Gasteiger charge is -2.29. The summed E-state index contributed by atoms with van der Waals surface area (Å²) in [6.07, 6.45) is 2.67. The molecule has 1 amide bonds. The van der Waals surface area contributed by atoms with Gasteiger partial charge in [-0.2, -0.15) is 0 Å². The maximum absolute atomic E-state index is 12.0. The van der Waals surface area contributed by atoms with Gasteiger partial charge in [0.1, 0.15) is 5.60 Å². The summed E-state index contributed by atoms with van der Waals surface area (Å²) in [5.74, 6) is 0. The van der Waals surface area contributed by atoms with Gasteiger partial charge in [0, 0.05) is 18.8 Å². The van der Waals surface area contributed by atoms with Crippen LogP contribution in [0.25, 0.3) is 5.57 Å². The van der Waals surface area contributed by atoms with Crippen LogP contribution >= 0.6 is 0 Å². The Morgan fingerprint density at radius 2 is 1.90 bits per heavy atom. The maximum atomic E-state index is 12.0. The van der Waals surface area contributed by atoms with Crippen molar-refractivity contribution < 1.29 is 9.53 Å². The summed E-state index contributed by atoms with van der Waals surface area (Å²) >= 11 is 0. The van der Waals surface area contributed by atoms with Gasteiger partial charge in [-0.15, -0.1) is 0 Å². The first-order valence-corrected chi connectivity index (χ1v) is 6.88. The number of anilines is 1. The zero-order valence-corrected chi connectivity index (χ0v) is 12.3. The number of benzene rings is 1. The Balaban J connectivity index is 2.00. The van der Waals surface area contributed by atoms with Crippen molar-refractivity contribution in [1.82, 2.24) is 4.90 Å². The van der Waals surface area contributed by atoms with Crippen LogP contribution in [0.1, 0.15) is 32.8 Å². The molecule has 0 saturated carbocycles. The van der Waals surface area contributed by atoms with E-state index in [1.165, 1.54) is 11.1 Å². The molecule has 108 valence electrons. The zero-order chi connectivity index (χ0) is 14.8. The summed E-state index contributed by atoms with van der Waals surface area (Å²) < 4.78 is 5.38. The molecule has 0 aliphatic carbocycles. The van der Waals surface area contributed by atoms with Crippen LogP contribution in [-0.2, 0) is 4.74 Å². The monoisotopic (exact) mass is 274 g/mol. The standard InChI is InChI=1S/C16H22N2O2/c1-16(2,3)20-15(19)18-10-8-13(9-11-18)12-4-6-14(17)7-5-12/h4-8H,9-11,17H2,1-3H3. The third kappa shape index (κ3) is 3.76. The van der Waals surface area contributed by atoms with Crippen molar-refractivity contribution in [2.75, 3.05) is 18.8 Å². The number of ether oxygens (including phenoxy) is 1. The minimum atomic E-state index is -0.446. The summed E-state index contributed by atoms with van der Waals surface area (Å²) in [4.78, 5) is 13.7. The van der Waals surface area contributed by atoms with E-state index in [1.807, 2.05) is 45.0 Å². The molecule has 0 saturated heterocycles. The molecule has 1 aliphatic rings. The number of carbonyl (C=O) groups is 1. The first-order valence-electron chi connectivity index (χ1n) is 6.88. The SMILES string of the molecule is CC(C)(C)OC(=O)N1CC=C(c2ccc(N)cc2)CC1. The smallest absolute Gasteiger partial charge is 0.410 e. The van der Waals surface area contributed by atoms with Gasteiger partial charge in [0.2, 0.25) is 0 Å². The lowest BCUT2D eigenvalue weighted by Crippen LogP contribution is -2.39. The Bertz CT molecular complexity index is 512. The lowest BCUT2D eigenvalue weighted by atomic mass is 9.99. The Morgan fingerprint density at radius 1 is 1.25 bits per heavy atom. The topological polar surface area (TPSA) is 55.6 Å². The van der Waals surface area contributed by atoms with Crippen LogP contribution in [0.3, 0.4) is 0 Å². The second-order valence-electron chi connectivity index (χ2n) is 6.03. The molecule has 2 rings (SSSR count). The van der Waals surface area contributed by atoms with Crippen molar-refractivity contribution in [1.29, 1.82) is 0 Å². The van der Waals surface area contributed by atoms with Crippen LogP contribution in [0.2, 0.25) is 0 Å². The normalized spacial score (nSPS) is 15.8. The van der Waals surface area contributed by atoms with E-state index in [9.17, 15) is 4.79 Å². The maximum Gasteiger partial charge on any atom is 0.410 e. The average molecular weight is 274 g/mol. The number of carbonyl (C=O) groups excluding carboxylic acids is 1. The van der Waals surface area contributed by atoms with Crippen LogP contribution < -0.4 is 5.73 Å². The minimum absolute atomic E-state index is 0.245. The molecule has 0 fully saturated rings. The average Bonchev–Trinajstić information content (AvgIpc) is 2.38. The molecule has 1 heterocycles. The lowest BCUT2D eigenvalue weighted by molar-refractivity contribution is 0.0270. The third-order valence-corrected chi connectivity index (χ3v) is 3.14. The van der Waals surface area contributed by atoms with Gasteiger partial charge in [-0.05, 0) is 50.5 Å². The highest BCUT2D eigenvalue weighted by Gasteiger charge is 2.23. The molecule has 0 unspecified atom stereocenters. The van der Waals surface area contributed by atoms with E-state index < -0.39 is 5.60 Å². The van der Waals surface area contributed by atoms with Gasteiger partial charge < -0.3 is 15.4 Å². The van der Waals surface area contributed by atoms with E-state index in [2.05, 4.69) is 6.08 Å². The molecule has 0 bridgehead atoms. The van der Waals surface area contributed by atoms with Crippen LogP contribution in [0.4, 0.5) is 10.5 Å². The molecule has 1 aliphatic heterocycles. The van der Waals surface area contributed by atoms with E-state index >= 15 is 0 Å². The molecule has 2 N–H and O–H groups in total. The number of nitrogens with two attached hydrogens (primary N) is 1. The van der Waals surface area contributed by atoms with Gasteiger partial charge in [-0.25, -0.2) is 4.79 Å². The molecule has 4 heteroatoms. The molecule has 0 aromatic heterocycles. The highest BCUT2D eigenvalue weighted by molar-refractivity contribution is 5.73. The first-order chi connectivity index (χ1) is 9.35. The molecule has 1 aromatic carbocycles. The predicted octanol–water partition coefficient (Wildman–Crippen LogP) is 3.29. The number of nitrogen functional groups attached to an aromatic ring is 1. The fourth-order valence-electron chi connectivity index (χ4n) is 2.12.